The van der Waals surface area contributed by atoms with E-state index in [0.29, 0.717) is 5.96 Å². The van der Waals surface area contributed by atoms with Gasteiger partial charge in [0.25, 0.3) is 0 Å². The number of hydrogen-bond acceptors (Lipinski definition) is 3. The van der Waals surface area contributed by atoms with Crippen molar-refractivity contribution >= 4 is 53.3 Å². The molecule has 0 radical (unpaired) electrons. The Kier molecular flexibility index (Phi) is 9.50. The van der Waals surface area contributed by atoms with Crippen molar-refractivity contribution in [1.82, 2.24) is 10.6 Å². The lowest BCUT2D eigenvalue weighted by atomic mass is 10.1. The summed E-state index contributed by atoms with van der Waals surface area (Å²) in [5.74, 6) is 1.81. The van der Waals surface area contributed by atoms with Crippen LogP contribution in [0.15, 0.2) is 35.3 Å². The van der Waals surface area contributed by atoms with Crippen LogP contribution >= 0.6 is 35.7 Å². The molecule has 1 aromatic rings. The minimum Gasteiger partial charge on any atom is -0.357 e. The molecular weight excluding hydrogens is 435 g/mol. The zero-order valence-corrected chi connectivity index (χ0v) is 17.4. The number of rotatable bonds is 6. The first-order valence-corrected chi connectivity index (χ1v) is 9.11. The monoisotopic (exact) mass is 462 g/mol. The summed E-state index contributed by atoms with van der Waals surface area (Å²) >= 11 is 2.01. The average molecular weight is 462 g/mol. The maximum atomic E-state index is 12.0. The summed E-state index contributed by atoms with van der Waals surface area (Å²) in [6.07, 6.45) is 2.49. The summed E-state index contributed by atoms with van der Waals surface area (Å²) in [5.41, 5.74) is 0.792. The molecule has 1 amide bonds. The molecule has 1 aliphatic rings. The quantitative estimate of drug-likeness (QED) is 0.346. The van der Waals surface area contributed by atoms with Gasteiger partial charge in [-0.2, -0.15) is 11.8 Å². The molecule has 5 nitrogen and oxygen atoms in total. The largest absolute Gasteiger partial charge is 0.357 e. The summed E-state index contributed by atoms with van der Waals surface area (Å²) in [6.45, 7) is 6.05. The van der Waals surface area contributed by atoms with Crippen LogP contribution in [0.2, 0.25) is 0 Å². The summed E-state index contributed by atoms with van der Waals surface area (Å²) in [6, 6.07) is 9.43. The van der Waals surface area contributed by atoms with Gasteiger partial charge in [0.05, 0.1) is 0 Å². The Hall–Kier alpha value is -0.960. The van der Waals surface area contributed by atoms with E-state index in [9.17, 15) is 4.79 Å². The molecule has 0 aromatic heterocycles. The number of benzene rings is 1. The van der Waals surface area contributed by atoms with E-state index in [1.807, 2.05) is 49.0 Å². The van der Waals surface area contributed by atoms with E-state index >= 15 is 0 Å². The zero-order valence-electron chi connectivity index (χ0n) is 14.3. The molecular formula is C17H27IN4OS. The van der Waals surface area contributed by atoms with Crippen LogP contribution in [0.3, 0.4) is 0 Å². The van der Waals surface area contributed by atoms with Crippen LogP contribution in [0, 0.1) is 0 Å². The Morgan fingerprint density at radius 1 is 1.29 bits per heavy atom. The fraction of sp³-hybridized carbons (Fsp3) is 0.529. The van der Waals surface area contributed by atoms with Gasteiger partial charge in [0.2, 0.25) is 5.91 Å². The lowest BCUT2D eigenvalue weighted by molar-refractivity contribution is -0.114. The molecule has 1 heterocycles. The number of aliphatic imine (C=N–C) groups is 1. The Morgan fingerprint density at radius 3 is 2.67 bits per heavy atom. The van der Waals surface area contributed by atoms with Gasteiger partial charge in [0, 0.05) is 23.5 Å². The SMILES string of the molecule is CCNC(=NCC(=O)Nc1ccccc1)NCC1(C)CCCS1.I. The highest BCUT2D eigenvalue weighted by atomic mass is 127. The second-order valence-corrected chi connectivity index (χ2v) is 7.55. The molecule has 2 rings (SSSR count). The van der Waals surface area contributed by atoms with Crippen molar-refractivity contribution in [2.24, 2.45) is 4.99 Å². The van der Waals surface area contributed by atoms with Crippen molar-refractivity contribution in [3.05, 3.63) is 30.3 Å². The summed E-state index contributed by atoms with van der Waals surface area (Å²) in [7, 11) is 0. The van der Waals surface area contributed by atoms with Crippen molar-refractivity contribution in [2.75, 3.05) is 30.7 Å². The van der Waals surface area contributed by atoms with Gasteiger partial charge >= 0.3 is 0 Å². The van der Waals surface area contributed by atoms with Gasteiger partial charge in [-0.05, 0) is 44.6 Å². The number of halogens is 1. The molecule has 0 aliphatic carbocycles. The van der Waals surface area contributed by atoms with E-state index in [2.05, 4.69) is 27.9 Å². The molecule has 1 atom stereocenters. The first kappa shape index (κ1) is 21.1. The number of thioether (sulfide) groups is 1. The maximum Gasteiger partial charge on any atom is 0.246 e. The minimum atomic E-state index is -0.116. The van der Waals surface area contributed by atoms with Gasteiger partial charge in [0.15, 0.2) is 5.96 Å². The predicted molar refractivity (Wildman–Crippen MR) is 115 cm³/mol. The fourth-order valence-corrected chi connectivity index (χ4v) is 3.71. The molecule has 1 aliphatic heterocycles. The van der Waals surface area contributed by atoms with Gasteiger partial charge in [-0.15, -0.1) is 24.0 Å². The topological polar surface area (TPSA) is 65.5 Å². The van der Waals surface area contributed by atoms with Crippen LogP contribution in [-0.4, -0.2) is 42.0 Å². The lowest BCUT2D eigenvalue weighted by Crippen LogP contribution is -2.44. The minimum absolute atomic E-state index is 0. The fourth-order valence-electron chi connectivity index (χ4n) is 2.46. The van der Waals surface area contributed by atoms with Crippen molar-refractivity contribution in [3.8, 4) is 0 Å². The van der Waals surface area contributed by atoms with E-state index in [0.717, 1.165) is 18.8 Å². The van der Waals surface area contributed by atoms with E-state index in [1.54, 1.807) is 0 Å². The first-order valence-electron chi connectivity index (χ1n) is 8.12. The molecule has 1 saturated heterocycles. The molecule has 1 fully saturated rings. The summed E-state index contributed by atoms with van der Waals surface area (Å²) < 4.78 is 0.266. The number of guanidine groups is 1. The average Bonchev–Trinajstić information content (AvgIpc) is 2.98. The maximum absolute atomic E-state index is 12.0. The number of para-hydroxylation sites is 1. The zero-order chi connectivity index (χ0) is 16.5. The van der Waals surface area contributed by atoms with Crippen molar-refractivity contribution in [1.29, 1.82) is 0 Å². The molecule has 134 valence electrons. The highest BCUT2D eigenvalue weighted by Gasteiger charge is 2.29. The summed E-state index contributed by atoms with van der Waals surface area (Å²) in [5, 5.41) is 9.39. The molecule has 1 unspecified atom stereocenters. The van der Waals surface area contributed by atoms with E-state index in [-0.39, 0.29) is 41.2 Å². The van der Waals surface area contributed by atoms with Crippen LogP contribution in [0.25, 0.3) is 0 Å². The highest BCUT2D eigenvalue weighted by Crippen LogP contribution is 2.36. The number of amides is 1. The normalized spacial score (nSPS) is 20.2. The van der Waals surface area contributed by atoms with Gasteiger partial charge in [0.1, 0.15) is 6.54 Å². The Balaban J connectivity index is 0.00000288. The number of anilines is 1. The van der Waals surface area contributed by atoms with E-state index < -0.39 is 0 Å². The second-order valence-electron chi connectivity index (χ2n) is 5.86. The molecule has 0 bridgehead atoms. The van der Waals surface area contributed by atoms with E-state index in [4.69, 9.17) is 0 Å². The molecule has 7 heteroatoms. The smallest absolute Gasteiger partial charge is 0.246 e. The molecule has 0 spiro atoms. The second kappa shape index (κ2) is 10.8. The third kappa shape index (κ3) is 7.29. The van der Waals surface area contributed by atoms with Crippen LogP contribution in [-0.2, 0) is 4.79 Å². The highest BCUT2D eigenvalue weighted by molar-refractivity contribution is 14.0. The Bertz CT molecular complexity index is 533. The number of hydrogen-bond donors (Lipinski definition) is 3. The van der Waals surface area contributed by atoms with Crippen LogP contribution in [0.1, 0.15) is 26.7 Å². The predicted octanol–water partition coefficient (Wildman–Crippen LogP) is 3.08. The van der Waals surface area contributed by atoms with Crippen LogP contribution in [0.4, 0.5) is 5.69 Å². The van der Waals surface area contributed by atoms with Gasteiger partial charge in [-0.25, -0.2) is 4.99 Å². The van der Waals surface area contributed by atoms with Crippen molar-refractivity contribution in [3.63, 3.8) is 0 Å². The Labute approximate surface area is 165 Å². The molecule has 3 N–H and O–H groups in total. The molecule has 24 heavy (non-hydrogen) atoms. The number of nitrogens with zero attached hydrogens (tertiary/aromatic N) is 1. The third-order valence-electron chi connectivity index (χ3n) is 3.71. The van der Waals surface area contributed by atoms with Gasteiger partial charge in [-0.3, -0.25) is 4.79 Å². The standard InChI is InChI=1S/C17H26N4OS.HI/c1-3-18-16(20-13-17(2)10-7-11-23-17)19-12-15(22)21-14-8-5-4-6-9-14;/h4-6,8-9H,3,7,10-13H2,1-2H3,(H,21,22)(H2,18,19,20);1H. The van der Waals surface area contributed by atoms with Crippen molar-refractivity contribution in [2.45, 2.75) is 31.4 Å². The van der Waals surface area contributed by atoms with E-state index in [1.165, 1.54) is 18.6 Å². The van der Waals surface area contributed by atoms with Crippen LogP contribution in [0.5, 0.6) is 0 Å². The first-order chi connectivity index (χ1) is 11.1. The van der Waals surface area contributed by atoms with Gasteiger partial charge < -0.3 is 16.0 Å². The lowest BCUT2D eigenvalue weighted by Gasteiger charge is -2.24. The van der Waals surface area contributed by atoms with Crippen molar-refractivity contribution < 1.29 is 4.79 Å². The number of carbonyl (C=O) groups is 1. The number of nitrogens with one attached hydrogen (secondary N) is 3. The molecule has 0 saturated carbocycles. The summed E-state index contributed by atoms with van der Waals surface area (Å²) in [4.78, 5) is 16.3. The third-order valence-corrected chi connectivity index (χ3v) is 5.25. The molecule has 1 aromatic carbocycles. The Morgan fingerprint density at radius 2 is 2.04 bits per heavy atom. The number of carbonyl (C=O) groups excluding carboxylic acids is 1. The van der Waals surface area contributed by atoms with Gasteiger partial charge in [-0.1, -0.05) is 18.2 Å². The van der Waals surface area contributed by atoms with Crippen LogP contribution < -0.4 is 16.0 Å².